The molecular formula is C56H36N4. The van der Waals surface area contributed by atoms with Gasteiger partial charge in [-0.05, 0) is 76.5 Å². The molecule has 0 spiro atoms. The second-order valence-corrected chi connectivity index (χ2v) is 15.4. The third kappa shape index (κ3) is 5.61. The van der Waals surface area contributed by atoms with Gasteiger partial charge in [0, 0.05) is 49.6 Å². The van der Waals surface area contributed by atoms with Gasteiger partial charge in [-0.2, -0.15) is 0 Å². The molecular weight excluding hydrogens is 729 g/mol. The molecule has 0 radical (unpaired) electrons. The van der Waals surface area contributed by atoms with E-state index in [1.165, 1.54) is 59.9 Å². The van der Waals surface area contributed by atoms with Gasteiger partial charge in [0.15, 0.2) is 5.82 Å². The summed E-state index contributed by atoms with van der Waals surface area (Å²) in [7, 11) is 0. The zero-order valence-corrected chi connectivity index (χ0v) is 32.6. The second kappa shape index (κ2) is 13.8. The van der Waals surface area contributed by atoms with E-state index in [-0.39, 0.29) is 0 Å². The molecule has 9 aromatic carbocycles. The van der Waals surface area contributed by atoms with Crippen LogP contribution in [0.3, 0.4) is 0 Å². The van der Waals surface area contributed by atoms with Crippen molar-refractivity contribution in [2.45, 2.75) is 0 Å². The van der Waals surface area contributed by atoms with Crippen molar-refractivity contribution in [1.29, 1.82) is 0 Å². The summed E-state index contributed by atoms with van der Waals surface area (Å²) in [6.07, 6.45) is 0. The first-order valence-corrected chi connectivity index (χ1v) is 20.4. The average molecular weight is 765 g/mol. The number of benzene rings is 9. The molecule has 0 saturated heterocycles. The second-order valence-electron chi connectivity index (χ2n) is 15.4. The van der Waals surface area contributed by atoms with Crippen LogP contribution in [0.1, 0.15) is 0 Å². The Labute approximate surface area is 346 Å². The van der Waals surface area contributed by atoms with E-state index in [4.69, 9.17) is 9.97 Å². The van der Waals surface area contributed by atoms with Gasteiger partial charge in [0.1, 0.15) is 0 Å². The lowest BCUT2D eigenvalue weighted by Crippen LogP contribution is -1.97. The van der Waals surface area contributed by atoms with Gasteiger partial charge >= 0.3 is 0 Å². The van der Waals surface area contributed by atoms with Gasteiger partial charge in [-0.3, -0.25) is 0 Å². The van der Waals surface area contributed by atoms with Crippen LogP contribution in [-0.2, 0) is 0 Å². The van der Waals surface area contributed by atoms with Crippen molar-refractivity contribution < 1.29 is 0 Å². The highest BCUT2D eigenvalue weighted by Crippen LogP contribution is 2.40. The minimum atomic E-state index is 0.698. The van der Waals surface area contributed by atoms with Crippen molar-refractivity contribution in [2.75, 3.05) is 0 Å². The van der Waals surface area contributed by atoms with Crippen LogP contribution < -0.4 is 0 Å². The average Bonchev–Trinajstić information content (AvgIpc) is 3.83. The molecule has 0 saturated carbocycles. The number of para-hydroxylation sites is 2. The van der Waals surface area contributed by atoms with E-state index < -0.39 is 0 Å². The Morgan fingerprint density at radius 1 is 0.267 bits per heavy atom. The molecule has 0 N–H and O–H groups in total. The Kier molecular flexibility index (Phi) is 7.82. The predicted molar refractivity (Wildman–Crippen MR) is 250 cm³/mol. The molecule has 12 aromatic rings. The number of aromatic nitrogens is 4. The topological polar surface area (TPSA) is 35.6 Å². The van der Waals surface area contributed by atoms with Crippen molar-refractivity contribution in [2.24, 2.45) is 0 Å². The van der Waals surface area contributed by atoms with E-state index in [9.17, 15) is 0 Å². The van der Waals surface area contributed by atoms with Gasteiger partial charge in [-0.25, -0.2) is 9.97 Å². The molecule has 0 aliphatic carbocycles. The molecule has 280 valence electrons. The highest BCUT2D eigenvalue weighted by Gasteiger charge is 2.19. The first-order valence-electron chi connectivity index (χ1n) is 20.4. The third-order valence-corrected chi connectivity index (χ3v) is 11.9. The first-order chi connectivity index (χ1) is 29.7. The normalized spacial score (nSPS) is 11.7. The van der Waals surface area contributed by atoms with Crippen molar-refractivity contribution in [3.05, 3.63) is 218 Å². The highest BCUT2D eigenvalue weighted by molar-refractivity contribution is 6.19. The lowest BCUT2D eigenvalue weighted by molar-refractivity contribution is 1.17. The van der Waals surface area contributed by atoms with Crippen LogP contribution in [-0.4, -0.2) is 19.1 Å². The van der Waals surface area contributed by atoms with E-state index in [1.807, 2.05) is 12.1 Å². The summed E-state index contributed by atoms with van der Waals surface area (Å²) in [4.78, 5) is 10.3. The van der Waals surface area contributed by atoms with Crippen LogP contribution in [0.2, 0.25) is 0 Å². The van der Waals surface area contributed by atoms with Gasteiger partial charge in [-0.1, -0.05) is 164 Å². The summed E-state index contributed by atoms with van der Waals surface area (Å²) >= 11 is 0. The minimum Gasteiger partial charge on any atom is -0.309 e. The fourth-order valence-electron chi connectivity index (χ4n) is 9.01. The van der Waals surface area contributed by atoms with Crippen molar-refractivity contribution in [3.8, 4) is 56.4 Å². The Hall–Kier alpha value is -8.08. The van der Waals surface area contributed by atoms with E-state index in [0.717, 1.165) is 45.0 Å². The van der Waals surface area contributed by atoms with E-state index in [2.05, 4.69) is 215 Å². The van der Waals surface area contributed by atoms with Gasteiger partial charge < -0.3 is 9.13 Å². The van der Waals surface area contributed by atoms with Gasteiger partial charge in [-0.15, -0.1) is 0 Å². The Morgan fingerprint density at radius 3 is 1.35 bits per heavy atom. The maximum atomic E-state index is 5.18. The monoisotopic (exact) mass is 764 g/mol. The van der Waals surface area contributed by atoms with E-state index >= 15 is 0 Å². The molecule has 0 aliphatic heterocycles. The summed E-state index contributed by atoms with van der Waals surface area (Å²) in [6.45, 7) is 0. The van der Waals surface area contributed by atoms with Gasteiger partial charge in [0.05, 0.1) is 33.5 Å². The minimum absolute atomic E-state index is 0.698. The SMILES string of the molecule is c1ccc(-c2ccc(-c3nc(-c4ccccc4)cc(-c4ccc(-n5c6ccccc6c6cc7c(cc65)c5ccccc5n7-c5ccc6ccccc6c5)cc4)n3)cc2)cc1. The first kappa shape index (κ1) is 34.0. The van der Waals surface area contributed by atoms with Crippen molar-refractivity contribution in [3.63, 3.8) is 0 Å². The van der Waals surface area contributed by atoms with Crippen LogP contribution in [0, 0.1) is 0 Å². The summed E-state index contributed by atoms with van der Waals surface area (Å²) in [6, 6.07) is 78.0. The van der Waals surface area contributed by atoms with Crippen LogP contribution in [0.25, 0.3) is 111 Å². The fourth-order valence-corrected chi connectivity index (χ4v) is 9.01. The van der Waals surface area contributed by atoms with Gasteiger partial charge in [0.2, 0.25) is 0 Å². The molecule has 4 heteroatoms. The summed E-state index contributed by atoms with van der Waals surface area (Å²) < 4.78 is 4.83. The van der Waals surface area contributed by atoms with Crippen molar-refractivity contribution >= 4 is 54.4 Å². The summed E-state index contributed by atoms with van der Waals surface area (Å²) in [5, 5.41) is 7.38. The Bertz CT molecular complexity index is 3560. The van der Waals surface area contributed by atoms with Crippen LogP contribution in [0.15, 0.2) is 218 Å². The standard InChI is InChI=1S/C56H36N4/c1-3-13-37(14-4-1)39-23-25-42(26-24-39)56-57-50(40-16-5-2-6-17-40)36-51(58-56)41-28-30-44(31-29-41)59-52-21-11-9-19-46(52)48-35-55-49(34-54(48)59)47-20-10-12-22-53(47)60(55)45-32-27-38-15-7-8-18-43(38)33-45/h1-36H. The molecule has 3 heterocycles. The maximum absolute atomic E-state index is 5.18. The van der Waals surface area contributed by atoms with E-state index in [1.54, 1.807) is 0 Å². The lowest BCUT2D eigenvalue weighted by Gasteiger charge is -2.12. The molecule has 0 amide bonds. The highest BCUT2D eigenvalue weighted by atomic mass is 15.0. The fraction of sp³-hybridized carbons (Fsp3) is 0. The zero-order valence-electron chi connectivity index (χ0n) is 32.6. The molecule has 0 atom stereocenters. The van der Waals surface area contributed by atoms with E-state index in [0.29, 0.717) is 5.82 Å². The molecule has 60 heavy (non-hydrogen) atoms. The van der Waals surface area contributed by atoms with Crippen molar-refractivity contribution in [1.82, 2.24) is 19.1 Å². The molecule has 0 fully saturated rings. The van der Waals surface area contributed by atoms with Crippen LogP contribution in [0.5, 0.6) is 0 Å². The quantitative estimate of drug-likeness (QED) is 0.169. The summed E-state index contributed by atoms with van der Waals surface area (Å²) in [5.41, 5.74) is 14.2. The largest absolute Gasteiger partial charge is 0.309 e. The number of nitrogens with zero attached hydrogens (tertiary/aromatic N) is 4. The molecule has 12 rings (SSSR count). The van der Waals surface area contributed by atoms with Crippen LogP contribution in [0.4, 0.5) is 0 Å². The predicted octanol–water partition coefficient (Wildman–Crippen LogP) is 14.5. The smallest absolute Gasteiger partial charge is 0.160 e. The van der Waals surface area contributed by atoms with Crippen LogP contribution >= 0.6 is 0 Å². The molecule has 3 aromatic heterocycles. The van der Waals surface area contributed by atoms with Gasteiger partial charge in [0.25, 0.3) is 0 Å². The number of hydrogen-bond acceptors (Lipinski definition) is 2. The number of hydrogen-bond donors (Lipinski definition) is 0. The third-order valence-electron chi connectivity index (χ3n) is 11.9. The number of rotatable bonds is 6. The Balaban J connectivity index is 0.994. The summed E-state index contributed by atoms with van der Waals surface area (Å²) in [5.74, 6) is 0.698. The molecule has 0 unspecified atom stereocenters. The Morgan fingerprint density at radius 2 is 0.717 bits per heavy atom. The lowest BCUT2D eigenvalue weighted by atomic mass is 10.0. The zero-order chi connectivity index (χ0) is 39.6. The molecule has 4 nitrogen and oxygen atoms in total. The molecule has 0 aliphatic rings. The maximum Gasteiger partial charge on any atom is 0.160 e. The molecule has 0 bridgehead atoms. The number of fused-ring (bicyclic) bond motifs is 7.